The van der Waals surface area contributed by atoms with Crippen LogP contribution in [-0.2, 0) is 25.8 Å². The van der Waals surface area contributed by atoms with Gasteiger partial charge >= 0.3 is 5.97 Å². The van der Waals surface area contributed by atoms with Crippen molar-refractivity contribution in [2.24, 2.45) is 16.6 Å². The summed E-state index contributed by atoms with van der Waals surface area (Å²) in [6.45, 7) is 6.18. The van der Waals surface area contributed by atoms with Gasteiger partial charge in [0, 0.05) is 30.3 Å². The number of nitrogens with one attached hydrogen (secondary N) is 1. The predicted octanol–water partition coefficient (Wildman–Crippen LogP) is 3.92. The standard InChI is InChI=1S/C29H36F2N8O4S/c1-4-42-19-7-5-18(6-8-19)39-13-21(26(37-39)25-20(30)9-10-23(31)36-25)34-27(40)22-14-44-28(35-22)17-11-33-38(12-17)15-43-29(41)24(32)16(2)3/h9-13,16,18-19,22,24H,4-8,14-15,32H2,1-3H3,(H,34,40)/t18?,19?,22?,24-/m0/s1. The minimum Gasteiger partial charge on any atom is -0.441 e. The monoisotopic (exact) mass is 630 g/mol. The maximum absolute atomic E-state index is 14.8. The number of pyridine rings is 1. The van der Waals surface area contributed by atoms with Gasteiger partial charge in [0.1, 0.15) is 28.5 Å². The number of thioether (sulfide) groups is 1. The molecule has 2 atom stereocenters. The van der Waals surface area contributed by atoms with Crippen molar-refractivity contribution in [1.82, 2.24) is 24.5 Å². The lowest BCUT2D eigenvalue weighted by atomic mass is 9.93. The van der Waals surface area contributed by atoms with E-state index in [1.807, 2.05) is 20.8 Å². The Morgan fingerprint density at radius 1 is 1.16 bits per heavy atom. The molecule has 1 amide bonds. The van der Waals surface area contributed by atoms with Gasteiger partial charge in [-0.1, -0.05) is 13.8 Å². The third-order valence-electron chi connectivity index (χ3n) is 7.61. The molecule has 0 spiro atoms. The summed E-state index contributed by atoms with van der Waals surface area (Å²) in [7, 11) is 0. The summed E-state index contributed by atoms with van der Waals surface area (Å²) in [6, 6.07) is 0.455. The van der Waals surface area contributed by atoms with Gasteiger partial charge in [0.25, 0.3) is 0 Å². The SMILES string of the molecule is CCOC1CCC(n2cc(NC(=O)C3CSC(c4cnn(COC(=O)[C@@H](N)C(C)C)c4)=N3)c(-c3nc(F)ccc3F)n2)CC1. The zero-order valence-corrected chi connectivity index (χ0v) is 25.6. The maximum atomic E-state index is 14.8. The first-order chi connectivity index (χ1) is 21.1. The molecular weight excluding hydrogens is 594 g/mol. The smallest absolute Gasteiger partial charge is 0.324 e. The largest absolute Gasteiger partial charge is 0.441 e. The van der Waals surface area contributed by atoms with Crippen molar-refractivity contribution >= 4 is 34.4 Å². The Balaban J connectivity index is 1.30. The first-order valence-corrected chi connectivity index (χ1v) is 15.6. The van der Waals surface area contributed by atoms with E-state index in [9.17, 15) is 18.4 Å². The molecule has 0 radical (unpaired) electrons. The second kappa shape index (κ2) is 13.9. The molecule has 12 nitrogen and oxygen atoms in total. The number of hydrogen-bond acceptors (Lipinski definition) is 10. The molecule has 0 aromatic carbocycles. The number of nitrogens with two attached hydrogens (primary N) is 1. The summed E-state index contributed by atoms with van der Waals surface area (Å²) in [5.74, 6) is -2.24. The fourth-order valence-electron chi connectivity index (χ4n) is 5.07. The molecule has 3 aromatic heterocycles. The molecule has 5 rings (SSSR count). The molecule has 4 heterocycles. The van der Waals surface area contributed by atoms with Crippen LogP contribution in [0.2, 0.25) is 0 Å². The molecule has 3 N–H and O–H groups in total. The molecule has 1 saturated carbocycles. The highest BCUT2D eigenvalue weighted by molar-refractivity contribution is 8.14. The summed E-state index contributed by atoms with van der Waals surface area (Å²) in [6.07, 6.45) is 8.36. The van der Waals surface area contributed by atoms with Crippen LogP contribution in [0.5, 0.6) is 0 Å². The van der Waals surface area contributed by atoms with E-state index < -0.39 is 35.7 Å². The molecule has 236 valence electrons. The zero-order valence-electron chi connectivity index (χ0n) is 24.8. The van der Waals surface area contributed by atoms with Gasteiger partial charge in [0.15, 0.2) is 12.5 Å². The van der Waals surface area contributed by atoms with Crippen LogP contribution in [-0.4, -0.2) is 72.0 Å². The molecule has 15 heteroatoms. The number of aromatic nitrogens is 5. The van der Waals surface area contributed by atoms with Crippen molar-refractivity contribution in [3.8, 4) is 11.4 Å². The lowest BCUT2D eigenvalue weighted by molar-refractivity contribution is -0.150. The summed E-state index contributed by atoms with van der Waals surface area (Å²) >= 11 is 1.38. The first-order valence-electron chi connectivity index (χ1n) is 14.6. The van der Waals surface area contributed by atoms with Crippen molar-refractivity contribution in [3.63, 3.8) is 0 Å². The van der Waals surface area contributed by atoms with Crippen LogP contribution in [0.4, 0.5) is 14.5 Å². The van der Waals surface area contributed by atoms with Gasteiger partial charge in [-0.15, -0.1) is 11.8 Å². The molecule has 44 heavy (non-hydrogen) atoms. The van der Waals surface area contributed by atoms with E-state index in [1.54, 1.807) is 23.3 Å². The second-order valence-corrected chi connectivity index (χ2v) is 12.1. The number of carbonyl (C=O) groups excluding carboxylic acids is 2. The minimum atomic E-state index is -0.857. The Labute approximate surface area is 257 Å². The average molecular weight is 631 g/mol. The third kappa shape index (κ3) is 7.33. The van der Waals surface area contributed by atoms with Gasteiger partial charge in [-0.05, 0) is 50.7 Å². The van der Waals surface area contributed by atoms with Crippen molar-refractivity contribution < 1.29 is 27.8 Å². The Morgan fingerprint density at radius 3 is 2.66 bits per heavy atom. The summed E-state index contributed by atoms with van der Waals surface area (Å²) < 4.78 is 43.0. The summed E-state index contributed by atoms with van der Waals surface area (Å²) in [5, 5.41) is 12.2. The number of hydrogen-bond donors (Lipinski definition) is 2. The second-order valence-electron chi connectivity index (χ2n) is 11.1. The Kier molecular flexibility index (Phi) is 10.1. The van der Waals surface area contributed by atoms with Crippen LogP contribution in [0.3, 0.4) is 0 Å². The maximum Gasteiger partial charge on any atom is 0.324 e. The van der Waals surface area contributed by atoms with Crippen molar-refractivity contribution in [3.05, 3.63) is 48.1 Å². The Hall–Kier alpha value is -3.69. The first kappa shape index (κ1) is 31.7. The number of halogens is 2. The molecular formula is C29H36F2N8O4S. The fraction of sp³-hybridized carbons (Fsp3) is 0.517. The van der Waals surface area contributed by atoms with Crippen molar-refractivity contribution in [2.45, 2.75) is 77.4 Å². The van der Waals surface area contributed by atoms with Crippen LogP contribution in [0.25, 0.3) is 11.4 Å². The average Bonchev–Trinajstić information content (AvgIpc) is 3.77. The van der Waals surface area contributed by atoms with E-state index in [1.165, 1.54) is 16.4 Å². The van der Waals surface area contributed by atoms with Crippen LogP contribution in [0.1, 0.15) is 58.1 Å². The highest BCUT2D eigenvalue weighted by atomic mass is 32.2. The molecule has 1 aliphatic carbocycles. The highest BCUT2D eigenvalue weighted by Gasteiger charge is 2.30. The van der Waals surface area contributed by atoms with Gasteiger partial charge in [-0.25, -0.2) is 14.1 Å². The molecule has 1 fully saturated rings. The molecule has 1 unspecified atom stereocenters. The molecule has 1 aliphatic heterocycles. The van der Waals surface area contributed by atoms with E-state index in [-0.39, 0.29) is 41.9 Å². The lowest BCUT2D eigenvalue weighted by Crippen LogP contribution is -2.37. The van der Waals surface area contributed by atoms with Crippen molar-refractivity contribution in [2.75, 3.05) is 17.7 Å². The fourth-order valence-corrected chi connectivity index (χ4v) is 6.08. The van der Waals surface area contributed by atoms with Gasteiger partial charge in [0.05, 0.1) is 24.0 Å². The third-order valence-corrected chi connectivity index (χ3v) is 8.71. The lowest BCUT2D eigenvalue weighted by Gasteiger charge is -2.28. The predicted molar refractivity (Wildman–Crippen MR) is 161 cm³/mol. The number of aliphatic imine (C=N–C) groups is 1. The Bertz CT molecular complexity index is 1520. The van der Waals surface area contributed by atoms with Crippen LogP contribution >= 0.6 is 11.8 Å². The van der Waals surface area contributed by atoms with E-state index in [0.29, 0.717) is 23.0 Å². The number of nitrogens with zero attached hydrogens (tertiary/aromatic N) is 6. The quantitative estimate of drug-likeness (QED) is 0.237. The van der Waals surface area contributed by atoms with Gasteiger partial charge in [-0.3, -0.25) is 19.3 Å². The zero-order chi connectivity index (χ0) is 31.4. The molecule has 2 aliphatic rings. The number of ether oxygens (including phenoxy) is 2. The highest BCUT2D eigenvalue weighted by Crippen LogP contribution is 2.35. The van der Waals surface area contributed by atoms with E-state index in [0.717, 1.165) is 37.8 Å². The number of esters is 1. The van der Waals surface area contributed by atoms with Crippen LogP contribution < -0.4 is 11.1 Å². The van der Waals surface area contributed by atoms with E-state index in [4.69, 9.17) is 15.2 Å². The summed E-state index contributed by atoms with van der Waals surface area (Å²) in [4.78, 5) is 33.7. The van der Waals surface area contributed by atoms with E-state index in [2.05, 4.69) is 25.5 Å². The topological polar surface area (TPSA) is 152 Å². The van der Waals surface area contributed by atoms with Crippen LogP contribution in [0, 0.1) is 17.7 Å². The van der Waals surface area contributed by atoms with E-state index >= 15 is 0 Å². The van der Waals surface area contributed by atoms with Gasteiger partial charge < -0.3 is 20.5 Å². The van der Waals surface area contributed by atoms with Crippen molar-refractivity contribution in [1.29, 1.82) is 0 Å². The normalized spacial score (nSPS) is 20.9. The number of rotatable bonds is 11. The summed E-state index contributed by atoms with van der Waals surface area (Å²) in [5.41, 5.74) is 6.48. The molecule has 3 aromatic rings. The molecule has 0 bridgehead atoms. The Morgan fingerprint density at radius 2 is 1.93 bits per heavy atom. The number of carbonyl (C=O) groups is 2. The minimum absolute atomic E-state index is 0.0105. The van der Waals surface area contributed by atoms with Gasteiger partial charge in [0.2, 0.25) is 11.9 Å². The van der Waals surface area contributed by atoms with Crippen LogP contribution in [0.15, 0.2) is 35.7 Å². The number of anilines is 1. The molecule has 0 saturated heterocycles. The number of amides is 1. The van der Waals surface area contributed by atoms with Gasteiger partial charge in [-0.2, -0.15) is 14.6 Å².